The smallest absolute Gasteiger partial charge is 0.159 e. The quantitative estimate of drug-likeness (QED) is 0.900. The highest BCUT2D eigenvalue weighted by Gasteiger charge is 2.36. The summed E-state index contributed by atoms with van der Waals surface area (Å²) in [7, 11) is 0. The van der Waals surface area contributed by atoms with Crippen LogP contribution in [0.1, 0.15) is 0 Å². The largest absolute Gasteiger partial charge is 0.368 e. The molecule has 0 amide bonds. The molecule has 0 bridgehead atoms. The molecule has 2 unspecified atom stereocenters. The van der Waals surface area contributed by atoms with E-state index in [-0.39, 0.29) is 0 Å². The molecule has 2 saturated heterocycles. The molecule has 0 aliphatic carbocycles. The first kappa shape index (κ1) is 11.9. The van der Waals surface area contributed by atoms with Gasteiger partial charge in [-0.2, -0.15) is 0 Å². The van der Waals surface area contributed by atoms with Gasteiger partial charge < -0.3 is 10.2 Å². The van der Waals surface area contributed by atoms with Gasteiger partial charge in [-0.05, 0) is 11.8 Å². The number of hydrogen-bond acceptors (Lipinski definition) is 4. The fourth-order valence-electron chi connectivity index (χ4n) is 3.29. The zero-order chi connectivity index (χ0) is 13.4. The molecule has 2 aliphatic heterocycles. The van der Waals surface area contributed by atoms with E-state index < -0.39 is 0 Å². The molecule has 4 nitrogen and oxygen atoms in total. The molecule has 20 heavy (non-hydrogen) atoms. The van der Waals surface area contributed by atoms with Gasteiger partial charge in [0.05, 0.1) is 18.1 Å². The first-order valence-corrected chi connectivity index (χ1v) is 7.23. The topological polar surface area (TPSA) is 41.1 Å². The zero-order valence-corrected chi connectivity index (χ0v) is 11.4. The third-order valence-corrected chi connectivity index (χ3v) is 4.42. The van der Waals surface area contributed by atoms with Crippen molar-refractivity contribution in [3.05, 3.63) is 42.7 Å². The van der Waals surface area contributed by atoms with Crippen molar-refractivity contribution in [1.82, 2.24) is 15.3 Å². The highest BCUT2D eigenvalue weighted by atomic mass is 15.2. The van der Waals surface area contributed by atoms with E-state index in [4.69, 9.17) is 0 Å². The van der Waals surface area contributed by atoms with Crippen molar-refractivity contribution in [2.24, 2.45) is 11.8 Å². The Morgan fingerprint density at radius 2 is 1.60 bits per heavy atom. The average Bonchev–Trinajstić information content (AvgIpc) is 3.10. The SMILES string of the molecule is c1ccc(-c2ncc(N3CC4CNCC4C3)cn2)cc1. The van der Waals surface area contributed by atoms with Gasteiger partial charge in [0, 0.05) is 31.7 Å². The normalized spacial score (nSPS) is 24.9. The Kier molecular flexibility index (Phi) is 2.89. The van der Waals surface area contributed by atoms with Gasteiger partial charge in [-0.15, -0.1) is 0 Å². The Morgan fingerprint density at radius 1 is 0.950 bits per heavy atom. The molecular weight excluding hydrogens is 248 g/mol. The second kappa shape index (κ2) is 4.87. The molecule has 2 aliphatic rings. The highest BCUT2D eigenvalue weighted by Crippen LogP contribution is 2.30. The minimum atomic E-state index is 0.795. The van der Waals surface area contributed by atoms with Crippen LogP contribution in [-0.2, 0) is 0 Å². The summed E-state index contributed by atoms with van der Waals surface area (Å²) in [6.07, 6.45) is 3.92. The van der Waals surface area contributed by atoms with Gasteiger partial charge in [-0.25, -0.2) is 9.97 Å². The highest BCUT2D eigenvalue weighted by molar-refractivity contribution is 5.56. The number of rotatable bonds is 2. The van der Waals surface area contributed by atoms with Crippen LogP contribution in [0.25, 0.3) is 11.4 Å². The predicted molar refractivity (Wildman–Crippen MR) is 79.5 cm³/mol. The molecule has 0 radical (unpaired) electrons. The maximum absolute atomic E-state index is 4.52. The fraction of sp³-hybridized carbons (Fsp3) is 0.375. The maximum Gasteiger partial charge on any atom is 0.159 e. The first-order valence-electron chi connectivity index (χ1n) is 7.23. The van der Waals surface area contributed by atoms with Crippen LogP contribution in [-0.4, -0.2) is 36.1 Å². The third kappa shape index (κ3) is 2.06. The fourth-order valence-corrected chi connectivity index (χ4v) is 3.29. The lowest BCUT2D eigenvalue weighted by Gasteiger charge is -2.18. The van der Waals surface area contributed by atoms with Crippen LogP contribution >= 0.6 is 0 Å². The number of nitrogens with one attached hydrogen (secondary N) is 1. The molecule has 102 valence electrons. The van der Waals surface area contributed by atoms with Gasteiger partial charge in [0.2, 0.25) is 0 Å². The van der Waals surface area contributed by atoms with Crippen LogP contribution in [0.4, 0.5) is 5.69 Å². The van der Waals surface area contributed by atoms with Crippen molar-refractivity contribution in [1.29, 1.82) is 0 Å². The number of anilines is 1. The Labute approximate surface area is 118 Å². The predicted octanol–water partition coefficient (Wildman–Crippen LogP) is 1.80. The van der Waals surface area contributed by atoms with Gasteiger partial charge >= 0.3 is 0 Å². The van der Waals surface area contributed by atoms with Crippen molar-refractivity contribution in [3.63, 3.8) is 0 Å². The van der Waals surface area contributed by atoms with Crippen molar-refractivity contribution in [2.45, 2.75) is 0 Å². The second-order valence-corrected chi connectivity index (χ2v) is 5.71. The van der Waals surface area contributed by atoms with Crippen molar-refractivity contribution in [2.75, 3.05) is 31.1 Å². The van der Waals surface area contributed by atoms with E-state index in [0.29, 0.717) is 0 Å². The van der Waals surface area contributed by atoms with Crippen LogP contribution in [0.15, 0.2) is 42.7 Å². The molecule has 1 aromatic heterocycles. The monoisotopic (exact) mass is 266 g/mol. The van der Waals surface area contributed by atoms with E-state index in [0.717, 1.165) is 55.1 Å². The third-order valence-electron chi connectivity index (χ3n) is 4.42. The molecule has 0 saturated carbocycles. The summed E-state index contributed by atoms with van der Waals surface area (Å²) in [5.74, 6) is 2.39. The van der Waals surface area contributed by atoms with Gasteiger partial charge in [0.15, 0.2) is 5.82 Å². The molecule has 1 N–H and O–H groups in total. The Hall–Kier alpha value is -1.94. The number of fused-ring (bicyclic) bond motifs is 1. The van der Waals surface area contributed by atoms with E-state index in [1.54, 1.807) is 0 Å². The van der Waals surface area contributed by atoms with Crippen LogP contribution in [0.3, 0.4) is 0 Å². The number of benzene rings is 1. The Morgan fingerprint density at radius 3 is 2.25 bits per heavy atom. The van der Waals surface area contributed by atoms with Crippen molar-refractivity contribution in [3.8, 4) is 11.4 Å². The number of nitrogens with zero attached hydrogens (tertiary/aromatic N) is 3. The summed E-state index contributed by atoms with van der Waals surface area (Å²) in [5, 5.41) is 3.47. The number of hydrogen-bond donors (Lipinski definition) is 1. The Bertz CT molecular complexity index is 569. The lowest BCUT2D eigenvalue weighted by Crippen LogP contribution is -2.25. The molecular formula is C16H18N4. The summed E-state index contributed by atoms with van der Waals surface area (Å²) >= 11 is 0. The van der Waals surface area contributed by atoms with Gasteiger partial charge in [-0.3, -0.25) is 0 Å². The van der Waals surface area contributed by atoms with Crippen LogP contribution in [0.2, 0.25) is 0 Å². The molecule has 1 aromatic carbocycles. The van der Waals surface area contributed by atoms with E-state index in [1.165, 1.54) is 0 Å². The molecule has 0 spiro atoms. The summed E-state index contributed by atoms with van der Waals surface area (Å²) in [5.41, 5.74) is 2.22. The minimum absolute atomic E-state index is 0.795. The summed E-state index contributed by atoms with van der Waals surface area (Å²) in [4.78, 5) is 11.5. The minimum Gasteiger partial charge on any atom is -0.368 e. The van der Waals surface area contributed by atoms with Crippen LogP contribution in [0, 0.1) is 11.8 Å². The van der Waals surface area contributed by atoms with E-state index >= 15 is 0 Å². The molecule has 4 rings (SSSR count). The Balaban J connectivity index is 1.53. The lowest BCUT2D eigenvalue weighted by molar-refractivity contribution is 0.533. The van der Waals surface area contributed by atoms with Crippen molar-refractivity contribution < 1.29 is 0 Å². The molecule has 4 heteroatoms. The summed E-state index contributed by atoms with van der Waals surface area (Å²) in [6.45, 7) is 4.58. The van der Waals surface area contributed by atoms with E-state index in [2.05, 4.69) is 20.2 Å². The van der Waals surface area contributed by atoms with Gasteiger partial charge in [0.25, 0.3) is 0 Å². The lowest BCUT2D eigenvalue weighted by atomic mass is 10.0. The second-order valence-electron chi connectivity index (χ2n) is 5.71. The standard InChI is InChI=1S/C16H18N4/c1-2-4-12(5-3-1)16-18-8-15(9-19-16)20-10-13-6-17-7-14(13)11-20/h1-5,8-9,13-14,17H,6-7,10-11H2. The first-order chi connectivity index (χ1) is 9.90. The molecule has 2 atom stereocenters. The van der Waals surface area contributed by atoms with Gasteiger partial charge in [0.1, 0.15) is 0 Å². The zero-order valence-electron chi connectivity index (χ0n) is 11.4. The maximum atomic E-state index is 4.52. The van der Waals surface area contributed by atoms with E-state index in [9.17, 15) is 0 Å². The molecule has 2 fully saturated rings. The summed E-state index contributed by atoms with van der Waals surface area (Å²) < 4.78 is 0. The molecule has 3 heterocycles. The molecule has 2 aromatic rings. The van der Waals surface area contributed by atoms with Crippen LogP contribution < -0.4 is 10.2 Å². The van der Waals surface area contributed by atoms with Crippen molar-refractivity contribution >= 4 is 5.69 Å². The van der Waals surface area contributed by atoms with Crippen LogP contribution in [0.5, 0.6) is 0 Å². The van der Waals surface area contributed by atoms with Gasteiger partial charge in [-0.1, -0.05) is 30.3 Å². The summed E-state index contributed by atoms with van der Waals surface area (Å²) in [6, 6.07) is 10.1. The average molecular weight is 266 g/mol. The number of aromatic nitrogens is 2. The van der Waals surface area contributed by atoms with E-state index in [1.807, 2.05) is 42.7 Å².